The quantitative estimate of drug-likeness (QED) is 0.569. The fraction of sp³-hybridized carbons (Fsp3) is 0.294. The van der Waals surface area contributed by atoms with Gasteiger partial charge in [0.15, 0.2) is 6.61 Å². The van der Waals surface area contributed by atoms with Crippen molar-refractivity contribution in [2.45, 2.75) is 17.7 Å². The number of benzene rings is 1. The minimum Gasteiger partial charge on any atom is -0.454 e. The zero-order valence-electron chi connectivity index (χ0n) is 13.4. The van der Waals surface area contributed by atoms with Gasteiger partial charge in [-0.2, -0.15) is 4.31 Å². The SMILES string of the molecule is O=C(OCC(=O)c1cccs1)c1cccc(S(=O)(=O)N2CCCC2)c1. The van der Waals surface area contributed by atoms with Crippen LogP contribution in [0.25, 0.3) is 0 Å². The van der Waals surface area contributed by atoms with Gasteiger partial charge in [0, 0.05) is 13.1 Å². The van der Waals surface area contributed by atoms with Crippen molar-refractivity contribution in [2.75, 3.05) is 19.7 Å². The number of Topliss-reactive ketones (excluding diaryl/α,β-unsaturated/α-hetero) is 1. The van der Waals surface area contributed by atoms with E-state index in [1.54, 1.807) is 17.5 Å². The Labute approximate surface area is 150 Å². The first-order valence-electron chi connectivity index (χ1n) is 7.82. The predicted octanol–water partition coefficient (Wildman–Crippen LogP) is 2.57. The molecule has 0 aliphatic carbocycles. The molecule has 0 saturated carbocycles. The largest absolute Gasteiger partial charge is 0.454 e. The highest BCUT2D eigenvalue weighted by Crippen LogP contribution is 2.22. The molecule has 0 N–H and O–H groups in total. The topological polar surface area (TPSA) is 80.8 Å². The number of rotatable bonds is 6. The average molecular weight is 379 g/mol. The summed E-state index contributed by atoms with van der Waals surface area (Å²) in [6, 6.07) is 9.13. The number of carbonyl (C=O) groups is 2. The number of hydrogen-bond acceptors (Lipinski definition) is 6. The van der Waals surface area contributed by atoms with E-state index in [-0.39, 0.29) is 22.8 Å². The summed E-state index contributed by atoms with van der Waals surface area (Å²) in [5.41, 5.74) is 0.110. The summed E-state index contributed by atoms with van der Waals surface area (Å²) < 4.78 is 31.5. The van der Waals surface area contributed by atoms with Crippen LogP contribution in [-0.2, 0) is 14.8 Å². The van der Waals surface area contributed by atoms with Crippen LogP contribution in [0, 0.1) is 0 Å². The first-order valence-corrected chi connectivity index (χ1v) is 10.1. The van der Waals surface area contributed by atoms with Gasteiger partial charge in [0.1, 0.15) is 0 Å². The van der Waals surface area contributed by atoms with Crippen LogP contribution in [0.2, 0.25) is 0 Å². The summed E-state index contributed by atoms with van der Waals surface area (Å²) in [7, 11) is -3.60. The van der Waals surface area contributed by atoms with E-state index < -0.39 is 16.0 Å². The Bertz CT molecular complexity index is 868. The van der Waals surface area contributed by atoms with Crippen LogP contribution in [0.4, 0.5) is 0 Å². The number of hydrogen-bond donors (Lipinski definition) is 0. The molecule has 0 radical (unpaired) electrons. The van der Waals surface area contributed by atoms with Crippen molar-refractivity contribution in [1.29, 1.82) is 0 Å². The lowest BCUT2D eigenvalue weighted by Crippen LogP contribution is -2.28. The second-order valence-electron chi connectivity index (χ2n) is 5.62. The molecule has 1 aliphatic heterocycles. The molecule has 132 valence electrons. The molecule has 6 nitrogen and oxygen atoms in total. The molecule has 25 heavy (non-hydrogen) atoms. The van der Waals surface area contributed by atoms with Gasteiger partial charge in [-0.25, -0.2) is 13.2 Å². The van der Waals surface area contributed by atoms with E-state index in [1.807, 2.05) is 0 Å². The number of ether oxygens (including phenoxy) is 1. The van der Waals surface area contributed by atoms with Crippen molar-refractivity contribution in [2.24, 2.45) is 0 Å². The Morgan fingerprint density at radius 2 is 1.88 bits per heavy atom. The molecule has 1 fully saturated rings. The predicted molar refractivity (Wildman–Crippen MR) is 93.4 cm³/mol. The second-order valence-corrected chi connectivity index (χ2v) is 8.50. The van der Waals surface area contributed by atoms with Crippen LogP contribution in [0.15, 0.2) is 46.7 Å². The van der Waals surface area contributed by atoms with Crippen molar-refractivity contribution in [3.8, 4) is 0 Å². The molecule has 1 aliphatic rings. The molecule has 2 heterocycles. The number of sulfonamides is 1. The molecule has 3 rings (SSSR count). The van der Waals surface area contributed by atoms with E-state index >= 15 is 0 Å². The van der Waals surface area contributed by atoms with Gasteiger partial charge in [-0.1, -0.05) is 12.1 Å². The first-order chi connectivity index (χ1) is 12.0. The number of ketones is 1. The number of esters is 1. The van der Waals surface area contributed by atoms with E-state index in [4.69, 9.17) is 4.74 Å². The third-order valence-electron chi connectivity index (χ3n) is 3.90. The van der Waals surface area contributed by atoms with Crippen molar-refractivity contribution in [1.82, 2.24) is 4.31 Å². The van der Waals surface area contributed by atoms with Crippen molar-refractivity contribution in [3.63, 3.8) is 0 Å². The Hall–Kier alpha value is -2.03. The van der Waals surface area contributed by atoms with Crippen LogP contribution < -0.4 is 0 Å². The lowest BCUT2D eigenvalue weighted by Gasteiger charge is -2.15. The first kappa shape index (κ1) is 17.8. The van der Waals surface area contributed by atoms with Gasteiger partial charge in [0.2, 0.25) is 15.8 Å². The van der Waals surface area contributed by atoms with Gasteiger partial charge in [0.05, 0.1) is 15.3 Å². The number of nitrogens with zero attached hydrogens (tertiary/aromatic N) is 1. The zero-order chi connectivity index (χ0) is 17.9. The normalized spacial score (nSPS) is 15.2. The van der Waals surface area contributed by atoms with Crippen molar-refractivity contribution in [3.05, 3.63) is 52.2 Å². The smallest absolute Gasteiger partial charge is 0.338 e. The van der Waals surface area contributed by atoms with Crippen LogP contribution >= 0.6 is 11.3 Å². The van der Waals surface area contributed by atoms with E-state index in [2.05, 4.69) is 0 Å². The maximum absolute atomic E-state index is 12.6. The molecule has 0 unspecified atom stereocenters. The molecule has 0 amide bonds. The fourth-order valence-corrected chi connectivity index (χ4v) is 4.80. The summed E-state index contributed by atoms with van der Waals surface area (Å²) in [5, 5.41) is 1.77. The van der Waals surface area contributed by atoms with Crippen LogP contribution in [-0.4, -0.2) is 44.2 Å². The fourth-order valence-electron chi connectivity index (χ4n) is 2.58. The van der Waals surface area contributed by atoms with E-state index in [1.165, 1.54) is 39.9 Å². The maximum atomic E-state index is 12.6. The molecular formula is C17H17NO5S2. The lowest BCUT2D eigenvalue weighted by molar-refractivity contribution is 0.0475. The Morgan fingerprint density at radius 3 is 2.56 bits per heavy atom. The molecular weight excluding hydrogens is 362 g/mol. The summed E-state index contributed by atoms with van der Waals surface area (Å²) >= 11 is 1.27. The van der Waals surface area contributed by atoms with Gasteiger partial charge in [-0.3, -0.25) is 4.79 Å². The summed E-state index contributed by atoms with van der Waals surface area (Å²) in [5.74, 6) is -1.01. The number of carbonyl (C=O) groups excluding carboxylic acids is 2. The highest BCUT2D eigenvalue weighted by molar-refractivity contribution is 7.89. The van der Waals surface area contributed by atoms with Gasteiger partial charge >= 0.3 is 5.97 Å². The third-order valence-corrected chi connectivity index (χ3v) is 6.71. The standard InChI is InChI=1S/C17H17NO5S2/c19-15(16-7-4-10-24-16)12-23-17(20)13-5-3-6-14(11-13)25(21,22)18-8-1-2-9-18/h3-7,10-11H,1-2,8-9,12H2. The van der Waals surface area contributed by atoms with Gasteiger partial charge in [-0.15, -0.1) is 11.3 Å². The van der Waals surface area contributed by atoms with Gasteiger partial charge in [-0.05, 0) is 42.5 Å². The van der Waals surface area contributed by atoms with E-state index in [0.717, 1.165) is 12.8 Å². The second kappa shape index (κ2) is 7.47. The molecule has 0 atom stereocenters. The Morgan fingerprint density at radius 1 is 1.12 bits per heavy atom. The van der Waals surface area contributed by atoms with Crippen LogP contribution in [0.1, 0.15) is 32.9 Å². The molecule has 0 spiro atoms. The molecule has 8 heteroatoms. The average Bonchev–Trinajstić information content (AvgIpc) is 3.33. The highest BCUT2D eigenvalue weighted by atomic mass is 32.2. The van der Waals surface area contributed by atoms with Gasteiger partial charge < -0.3 is 4.74 Å². The van der Waals surface area contributed by atoms with Crippen molar-refractivity contribution >= 4 is 33.1 Å². The molecule has 1 aromatic carbocycles. The lowest BCUT2D eigenvalue weighted by atomic mass is 10.2. The summed E-state index contributed by atoms with van der Waals surface area (Å²) in [4.78, 5) is 24.6. The Kier molecular flexibility index (Phi) is 5.31. The van der Waals surface area contributed by atoms with Gasteiger partial charge in [0.25, 0.3) is 0 Å². The molecule has 2 aromatic rings. The zero-order valence-corrected chi connectivity index (χ0v) is 15.0. The third kappa shape index (κ3) is 3.97. The van der Waals surface area contributed by atoms with Crippen LogP contribution in [0.5, 0.6) is 0 Å². The molecule has 0 bridgehead atoms. The van der Waals surface area contributed by atoms with E-state index in [0.29, 0.717) is 18.0 Å². The Balaban J connectivity index is 1.70. The van der Waals surface area contributed by atoms with E-state index in [9.17, 15) is 18.0 Å². The minimum absolute atomic E-state index is 0.0634. The minimum atomic E-state index is -3.60. The van der Waals surface area contributed by atoms with Crippen molar-refractivity contribution < 1.29 is 22.7 Å². The maximum Gasteiger partial charge on any atom is 0.338 e. The number of thiophene rings is 1. The molecule has 1 aromatic heterocycles. The summed E-state index contributed by atoms with van der Waals surface area (Å²) in [6.07, 6.45) is 1.68. The highest BCUT2D eigenvalue weighted by Gasteiger charge is 2.27. The molecule has 1 saturated heterocycles. The summed E-state index contributed by atoms with van der Waals surface area (Å²) in [6.45, 7) is 0.612. The monoisotopic (exact) mass is 379 g/mol. The van der Waals surface area contributed by atoms with Crippen LogP contribution in [0.3, 0.4) is 0 Å².